The second kappa shape index (κ2) is 7.08. The van der Waals surface area contributed by atoms with Crippen molar-refractivity contribution in [3.8, 4) is 6.07 Å². The van der Waals surface area contributed by atoms with Crippen molar-refractivity contribution in [1.29, 1.82) is 5.26 Å². The van der Waals surface area contributed by atoms with Crippen LogP contribution in [0.1, 0.15) is 44.6 Å². The lowest BCUT2D eigenvalue weighted by Gasteiger charge is -2.24. The zero-order chi connectivity index (χ0) is 14.5. The molecule has 0 N–H and O–H groups in total. The van der Waals surface area contributed by atoms with E-state index < -0.39 is 0 Å². The molecular weight excluding hydrogens is 319 g/mol. The Morgan fingerprint density at radius 3 is 2.90 bits per heavy atom. The van der Waals surface area contributed by atoms with E-state index >= 15 is 0 Å². The van der Waals surface area contributed by atoms with Gasteiger partial charge in [0.1, 0.15) is 6.07 Å². The Morgan fingerprint density at radius 2 is 2.20 bits per heavy atom. The van der Waals surface area contributed by atoms with Crippen LogP contribution in [0.15, 0.2) is 16.6 Å². The van der Waals surface area contributed by atoms with Gasteiger partial charge in [0.15, 0.2) is 5.82 Å². The molecule has 0 amide bonds. The van der Waals surface area contributed by atoms with Crippen LogP contribution in [0.4, 0.5) is 10.1 Å². The maximum Gasteiger partial charge on any atom is 0.161 e. The van der Waals surface area contributed by atoms with E-state index in [0.717, 1.165) is 31.8 Å². The zero-order valence-electron chi connectivity index (χ0n) is 11.8. The lowest BCUT2D eigenvalue weighted by molar-refractivity contribution is 0.435. The number of halogens is 2. The largest absolute Gasteiger partial charge is 0.369 e. The Kier molecular flexibility index (Phi) is 5.42. The van der Waals surface area contributed by atoms with Gasteiger partial charge < -0.3 is 4.90 Å². The fraction of sp³-hybridized carbons (Fsp3) is 0.562. The third kappa shape index (κ3) is 3.32. The van der Waals surface area contributed by atoms with Gasteiger partial charge in [-0.1, -0.05) is 19.8 Å². The van der Waals surface area contributed by atoms with Crippen LogP contribution in [0.3, 0.4) is 0 Å². The van der Waals surface area contributed by atoms with E-state index in [1.807, 2.05) is 6.07 Å². The minimum absolute atomic E-state index is 0.284. The maximum absolute atomic E-state index is 14.4. The van der Waals surface area contributed by atoms with E-state index in [0.29, 0.717) is 11.3 Å². The van der Waals surface area contributed by atoms with Gasteiger partial charge in [0.05, 0.1) is 15.7 Å². The average molecular weight is 339 g/mol. The number of rotatable bonds is 3. The van der Waals surface area contributed by atoms with Crippen molar-refractivity contribution in [1.82, 2.24) is 0 Å². The van der Waals surface area contributed by atoms with Gasteiger partial charge in [-0.3, -0.25) is 0 Å². The number of anilines is 1. The van der Waals surface area contributed by atoms with Crippen LogP contribution in [0.25, 0.3) is 0 Å². The molecule has 4 heteroatoms. The standard InChI is InChI=1S/C16H20BrFN2/c1-2-4-12-5-3-9-20(10-8-12)14-7-6-13(11-19)15(17)16(14)18/h6-7,12H,2-5,8-10H2,1H3. The Morgan fingerprint density at radius 1 is 1.40 bits per heavy atom. The Bertz CT molecular complexity index is 510. The summed E-state index contributed by atoms with van der Waals surface area (Å²) in [6.07, 6.45) is 5.98. The van der Waals surface area contributed by atoms with Crippen LogP contribution < -0.4 is 4.90 Å². The zero-order valence-corrected chi connectivity index (χ0v) is 13.4. The number of nitrogens with zero attached hydrogens (tertiary/aromatic N) is 2. The summed E-state index contributed by atoms with van der Waals surface area (Å²) in [6, 6.07) is 5.42. The molecule has 0 saturated carbocycles. The fourth-order valence-electron chi connectivity index (χ4n) is 2.97. The summed E-state index contributed by atoms with van der Waals surface area (Å²) < 4.78 is 14.7. The van der Waals surface area contributed by atoms with Gasteiger partial charge in [-0.15, -0.1) is 0 Å². The Labute approximate surface area is 128 Å². The molecule has 2 nitrogen and oxygen atoms in total. The van der Waals surface area contributed by atoms with Crippen LogP contribution >= 0.6 is 15.9 Å². The van der Waals surface area contributed by atoms with Crippen LogP contribution in [-0.2, 0) is 0 Å². The van der Waals surface area contributed by atoms with Crippen molar-refractivity contribution in [2.24, 2.45) is 5.92 Å². The van der Waals surface area contributed by atoms with Gasteiger partial charge in [-0.05, 0) is 53.2 Å². The van der Waals surface area contributed by atoms with Crippen LogP contribution in [0.2, 0.25) is 0 Å². The molecule has 1 aromatic carbocycles. The average Bonchev–Trinajstić information content (AvgIpc) is 2.68. The highest BCUT2D eigenvalue weighted by atomic mass is 79.9. The summed E-state index contributed by atoms with van der Waals surface area (Å²) in [5.74, 6) is 0.466. The predicted molar refractivity (Wildman–Crippen MR) is 83.3 cm³/mol. The molecule has 1 heterocycles. The Balaban J connectivity index is 2.16. The first-order valence-corrected chi connectivity index (χ1v) is 8.09. The molecule has 108 valence electrons. The number of nitriles is 1. The first-order valence-electron chi connectivity index (χ1n) is 7.30. The quantitative estimate of drug-likeness (QED) is 0.786. The SMILES string of the molecule is CCCC1CCCN(c2ccc(C#N)c(Br)c2F)CC1. The minimum Gasteiger partial charge on any atom is -0.369 e. The van der Waals surface area contributed by atoms with E-state index in [1.54, 1.807) is 12.1 Å². The highest BCUT2D eigenvalue weighted by Crippen LogP contribution is 2.31. The topological polar surface area (TPSA) is 27.0 Å². The summed E-state index contributed by atoms with van der Waals surface area (Å²) >= 11 is 3.19. The van der Waals surface area contributed by atoms with Gasteiger partial charge in [0, 0.05) is 13.1 Å². The summed E-state index contributed by atoms with van der Waals surface area (Å²) in [5, 5.41) is 8.92. The molecule has 1 saturated heterocycles. The van der Waals surface area contributed by atoms with Gasteiger partial charge in [0.2, 0.25) is 0 Å². The first-order chi connectivity index (χ1) is 9.67. The van der Waals surface area contributed by atoms with E-state index in [1.165, 1.54) is 19.3 Å². The molecular formula is C16H20BrFN2. The third-order valence-corrected chi connectivity index (χ3v) is 4.84. The molecule has 0 spiro atoms. The van der Waals surface area contributed by atoms with Gasteiger partial charge >= 0.3 is 0 Å². The molecule has 1 aliphatic heterocycles. The molecule has 1 aromatic rings. The molecule has 2 rings (SSSR count). The molecule has 20 heavy (non-hydrogen) atoms. The lowest BCUT2D eigenvalue weighted by Crippen LogP contribution is -2.25. The van der Waals surface area contributed by atoms with Crippen molar-refractivity contribution in [2.75, 3.05) is 18.0 Å². The molecule has 1 aliphatic rings. The highest BCUT2D eigenvalue weighted by molar-refractivity contribution is 9.10. The van der Waals surface area contributed by atoms with Crippen molar-refractivity contribution < 1.29 is 4.39 Å². The summed E-state index contributed by atoms with van der Waals surface area (Å²) in [5.41, 5.74) is 0.970. The predicted octanol–water partition coefficient (Wildman–Crippen LogP) is 4.87. The number of hydrogen-bond acceptors (Lipinski definition) is 2. The molecule has 1 unspecified atom stereocenters. The lowest BCUT2D eigenvalue weighted by atomic mass is 9.96. The van der Waals surface area contributed by atoms with E-state index in [9.17, 15) is 4.39 Å². The van der Waals surface area contributed by atoms with Gasteiger partial charge in [-0.2, -0.15) is 5.26 Å². The van der Waals surface area contributed by atoms with E-state index in [-0.39, 0.29) is 10.3 Å². The van der Waals surface area contributed by atoms with Crippen LogP contribution in [0, 0.1) is 23.1 Å². The molecule has 1 fully saturated rings. The second-order valence-corrected chi connectivity index (χ2v) is 6.24. The van der Waals surface area contributed by atoms with Crippen molar-refractivity contribution in [3.63, 3.8) is 0 Å². The summed E-state index contributed by atoms with van der Waals surface area (Å²) in [4.78, 5) is 2.12. The van der Waals surface area contributed by atoms with Crippen molar-refractivity contribution in [3.05, 3.63) is 28.0 Å². The number of hydrogen-bond donors (Lipinski definition) is 0. The minimum atomic E-state index is -0.307. The summed E-state index contributed by atoms with van der Waals surface area (Å²) in [7, 11) is 0. The second-order valence-electron chi connectivity index (χ2n) is 5.44. The van der Waals surface area contributed by atoms with Gasteiger partial charge in [-0.25, -0.2) is 4.39 Å². The van der Waals surface area contributed by atoms with Crippen LogP contribution in [0.5, 0.6) is 0 Å². The first kappa shape index (κ1) is 15.3. The monoisotopic (exact) mass is 338 g/mol. The normalized spacial score (nSPS) is 19.5. The molecule has 0 bridgehead atoms. The maximum atomic E-state index is 14.4. The molecule has 0 aromatic heterocycles. The van der Waals surface area contributed by atoms with Crippen molar-refractivity contribution >= 4 is 21.6 Å². The Hall–Kier alpha value is -1.08. The highest BCUT2D eigenvalue weighted by Gasteiger charge is 2.20. The van der Waals surface area contributed by atoms with Crippen molar-refractivity contribution in [2.45, 2.75) is 39.0 Å². The van der Waals surface area contributed by atoms with Crippen LogP contribution in [-0.4, -0.2) is 13.1 Å². The fourth-order valence-corrected chi connectivity index (χ4v) is 3.40. The smallest absolute Gasteiger partial charge is 0.161 e. The molecule has 0 aliphatic carbocycles. The summed E-state index contributed by atoms with van der Waals surface area (Å²) in [6.45, 7) is 4.02. The number of benzene rings is 1. The molecule has 0 radical (unpaired) electrons. The third-order valence-electron chi connectivity index (χ3n) is 4.07. The van der Waals surface area contributed by atoms with Gasteiger partial charge in [0.25, 0.3) is 0 Å². The van der Waals surface area contributed by atoms with E-state index in [4.69, 9.17) is 5.26 Å². The molecule has 1 atom stereocenters. The van der Waals surface area contributed by atoms with E-state index in [2.05, 4.69) is 27.8 Å².